The minimum Gasteiger partial charge on any atom is -0.300 e. The molecule has 0 saturated carbocycles. The van der Waals surface area contributed by atoms with E-state index in [-0.39, 0.29) is 0 Å². The Morgan fingerprint density at radius 1 is 1.12 bits per heavy atom. The molecule has 0 spiro atoms. The topological polar surface area (TPSA) is 3.24 Å². The van der Waals surface area contributed by atoms with Crippen molar-refractivity contribution in [3.05, 3.63) is 35.4 Å². The number of hydrogen-bond acceptors (Lipinski definition) is 1. The zero-order chi connectivity index (χ0) is 11.8. The summed E-state index contributed by atoms with van der Waals surface area (Å²) in [7, 11) is 0. The van der Waals surface area contributed by atoms with Crippen LogP contribution in [0, 0.1) is 6.07 Å². The summed E-state index contributed by atoms with van der Waals surface area (Å²) in [6.45, 7) is 10.0. The van der Waals surface area contributed by atoms with Crippen molar-refractivity contribution in [3.8, 4) is 0 Å². The molecule has 0 unspecified atom stereocenters. The van der Waals surface area contributed by atoms with Crippen molar-refractivity contribution in [2.75, 3.05) is 13.1 Å². The Kier molecular flexibility index (Phi) is 6.17. The number of benzene rings is 1. The second-order valence-corrected chi connectivity index (χ2v) is 4.26. The van der Waals surface area contributed by atoms with E-state index >= 15 is 0 Å². The third kappa shape index (κ3) is 3.97. The van der Waals surface area contributed by atoms with Crippen molar-refractivity contribution in [1.29, 1.82) is 0 Å². The van der Waals surface area contributed by atoms with Gasteiger partial charge in [-0.1, -0.05) is 39.3 Å². The highest BCUT2D eigenvalue weighted by Crippen LogP contribution is 2.14. The lowest BCUT2D eigenvalue weighted by atomic mass is 10.0. The average molecular weight is 218 g/mol. The molecule has 0 bridgehead atoms. The van der Waals surface area contributed by atoms with Crippen LogP contribution in [-0.2, 0) is 13.0 Å². The quantitative estimate of drug-likeness (QED) is 0.675. The average Bonchev–Trinajstić information content (AvgIpc) is 2.34. The third-order valence-corrected chi connectivity index (χ3v) is 3.14. The fourth-order valence-electron chi connectivity index (χ4n) is 1.94. The molecule has 0 aromatic heterocycles. The maximum atomic E-state index is 3.20. The van der Waals surface area contributed by atoms with E-state index in [9.17, 15) is 0 Å². The zero-order valence-corrected chi connectivity index (χ0v) is 10.9. The minimum atomic E-state index is 1.07. The molecule has 0 atom stereocenters. The lowest BCUT2D eigenvalue weighted by molar-refractivity contribution is 0.295. The summed E-state index contributed by atoms with van der Waals surface area (Å²) in [5.74, 6) is 0. The molecule has 1 heteroatoms. The van der Waals surface area contributed by atoms with Crippen molar-refractivity contribution >= 4 is 0 Å². The summed E-state index contributed by atoms with van der Waals surface area (Å²) in [4.78, 5) is 2.46. The molecule has 0 aliphatic heterocycles. The molecule has 1 aromatic rings. The van der Waals surface area contributed by atoms with Gasteiger partial charge >= 0.3 is 0 Å². The molecule has 0 N–H and O–H groups in total. The second-order valence-electron chi connectivity index (χ2n) is 4.26. The van der Waals surface area contributed by atoms with Crippen LogP contribution in [0.15, 0.2) is 18.2 Å². The first-order valence-corrected chi connectivity index (χ1v) is 6.52. The van der Waals surface area contributed by atoms with E-state index in [1.807, 2.05) is 6.07 Å². The van der Waals surface area contributed by atoms with Crippen LogP contribution in [0.1, 0.15) is 44.7 Å². The van der Waals surface area contributed by atoms with Crippen molar-refractivity contribution < 1.29 is 0 Å². The molecule has 0 heterocycles. The van der Waals surface area contributed by atoms with Gasteiger partial charge in [0.2, 0.25) is 0 Å². The van der Waals surface area contributed by atoms with E-state index in [4.69, 9.17) is 0 Å². The smallest absolute Gasteiger partial charge is 0.0236 e. The first kappa shape index (κ1) is 13.2. The summed E-state index contributed by atoms with van der Waals surface area (Å²) in [5.41, 5.74) is 2.96. The third-order valence-electron chi connectivity index (χ3n) is 3.14. The van der Waals surface area contributed by atoms with Gasteiger partial charge in [0.05, 0.1) is 0 Å². The fraction of sp³-hybridized carbons (Fsp3) is 0.600. The predicted octanol–water partition coefficient (Wildman–Crippen LogP) is 3.67. The molecule has 1 nitrogen and oxygen atoms in total. The molecule has 1 rings (SSSR count). The van der Waals surface area contributed by atoms with Crippen molar-refractivity contribution in [2.24, 2.45) is 0 Å². The van der Waals surface area contributed by atoms with Crippen molar-refractivity contribution in [1.82, 2.24) is 4.90 Å². The lowest BCUT2D eigenvalue weighted by Crippen LogP contribution is -2.22. The molecule has 1 radical (unpaired) electrons. The van der Waals surface area contributed by atoms with Crippen LogP contribution in [0.4, 0.5) is 0 Å². The number of unbranched alkanes of at least 4 members (excludes halogenated alkanes) is 1. The molecular weight excluding hydrogens is 194 g/mol. The van der Waals surface area contributed by atoms with Crippen molar-refractivity contribution in [3.63, 3.8) is 0 Å². The summed E-state index contributed by atoms with van der Waals surface area (Å²) in [5, 5.41) is 0. The first-order chi connectivity index (χ1) is 7.81. The molecular formula is C15H24N. The van der Waals surface area contributed by atoms with Crippen LogP contribution in [0.3, 0.4) is 0 Å². The molecule has 0 amide bonds. The molecule has 0 aliphatic rings. The molecule has 0 fully saturated rings. The number of nitrogens with zero attached hydrogens (tertiary/aromatic N) is 1. The van der Waals surface area contributed by atoms with E-state index in [2.05, 4.69) is 43.9 Å². The standard InChI is InChI=1S/C15H24N/c1-4-7-10-14-11-8-9-12-15(14)13-16(5-2)6-3/h8,11-12H,4-7,10,13H2,1-3H3. The van der Waals surface area contributed by atoms with E-state index in [1.54, 1.807) is 0 Å². The Bertz CT molecular complexity index is 289. The van der Waals surface area contributed by atoms with Gasteiger partial charge in [-0.15, -0.1) is 0 Å². The van der Waals surface area contributed by atoms with Gasteiger partial charge in [-0.2, -0.15) is 0 Å². The SMILES string of the molecule is CCCCc1cc[c]cc1CN(CC)CC. The van der Waals surface area contributed by atoms with Crippen LogP contribution in [0.2, 0.25) is 0 Å². The van der Waals surface area contributed by atoms with E-state index in [1.165, 1.54) is 30.4 Å². The van der Waals surface area contributed by atoms with Crippen LogP contribution in [0.25, 0.3) is 0 Å². The van der Waals surface area contributed by atoms with Gasteiger partial charge in [-0.25, -0.2) is 0 Å². The Morgan fingerprint density at radius 2 is 1.88 bits per heavy atom. The Hall–Kier alpha value is -0.820. The summed E-state index contributed by atoms with van der Waals surface area (Å²) in [6, 6.07) is 9.63. The summed E-state index contributed by atoms with van der Waals surface area (Å²) >= 11 is 0. The van der Waals surface area contributed by atoms with E-state index in [0.717, 1.165) is 19.6 Å². The number of hydrogen-bond donors (Lipinski definition) is 0. The van der Waals surface area contributed by atoms with Gasteiger partial charge in [-0.05, 0) is 49.2 Å². The van der Waals surface area contributed by atoms with Crippen LogP contribution in [0.5, 0.6) is 0 Å². The molecule has 0 saturated heterocycles. The first-order valence-electron chi connectivity index (χ1n) is 6.52. The molecule has 0 aliphatic carbocycles. The number of aryl methyl sites for hydroxylation is 1. The maximum absolute atomic E-state index is 3.20. The second kappa shape index (κ2) is 7.45. The normalized spacial score (nSPS) is 11.0. The summed E-state index contributed by atoms with van der Waals surface area (Å²) < 4.78 is 0. The van der Waals surface area contributed by atoms with Crippen LogP contribution in [-0.4, -0.2) is 18.0 Å². The highest BCUT2D eigenvalue weighted by Gasteiger charge is 2.05. The molecule has 16 heavy (non-hydrogen) atoms. The van der Waals surface area contributed by atoms with Crippen LogP contribution < -0.4 is 0 Å². The zero-order valence-electron chi connectivity index (χ0n) is 10.9. The Morgan fingerprint density at radius 3 is 2.50 bits per heavy atom. The van der Waals surface area contributed by atoms with Gasteiger partial charge in [0.1, 0.15) is 0 Å². The van der Waals surface area contributed by atoms with Crippen LogP contribution >= 0.6 is 0 Å². The predicted molar refractivity (Wildman–Crippen MR) is 70.5 cm³/mol. The van der Waals surface area contributed by atoms with E-state index in [0.29, 0.717) is 0 Å². The maximum Gasteiger partial charge on any atom is 0.0236 e. The Labute approximate surface area is 100 Å². The molecule has 1 aromatic carbocycles. The highest BCUT2D eigenvalue weighted by molar-refractivity contribution is 5.26. The Balaban J connectivity index is 2.69. The molecule has 89 valence electrons. The summed E-state index contributed by atoms with van der Waals surface area (Å²) in [6.07, 6.45) is 3.76. The largest absolute Gasteiger partial charge is 0.300 e. The van der Waals surface area contributed by atoms with Gasteiger partial charge in [0, 0.05) is 6.54 Å². The van der Waals surface area contributed by atoms with Crippen molar-refractivity contribution in [2.45, 2.75) is 46.6 Å². The minimum absolute atomic E-state index is 1.07. The highest BCUT2D eigenvalue weighted by atomic mass is 15.1. The fourth-order valence-corrected chi connectivity index (χ4v) is 1.94. The monoisotopic (exact) mass is 218 g/mol. The number of rotatable bonds is 7. The van der Waals surface area contributed by atoms with E-state index < -0.39 is 0 Å². The lowest BCUT2D eigenvalue weighted by Gasteiger charge is -2.20. The van der Waals surface area contributed by atoms with Gasteiger partial charge < -0.3 is 0 Å². The van der Waals surface area contributed by atoms with Gasteiger partial charge in [0.15, 0.2) is 0 Å². The van der Waals surface area contributed by atoms with Gasteiger partial charge in [0.25, 0.3) is 0 Å². The van der Waals surface area contributed by atoms with Gasteiger partial charge in [-0.3, -0.25) is 4.90 Å².